The number of hydrogen-bond acceptors (Lipinski definition) is 4. The molecule has 0 aliphatic heterocycles. The van der Waals surface area contributed by atoms with Gasteiger partial charge in [0.05, 0.1) is 13.7 Å². The number of pyridine rings is 1. The van der Waals surface area contributed by atoms with E-state index in [1.54, 1.807) is 42.6 Å². The minimum absolute atomic E-state index is 0.0232. The maximum Gasteiger partial charge on any atom is 0.261 e. The van der Waals surface area contributed by atoms with Crippen molar-refractivity contribution < 1.29 is 14.6 Å². The van der Waals surface area contributed by atoms with Crippen LogP contribution in [0.5, 0.6) is 5.88 Å². The summed E-state index contributed by atoms with van der Waals surface area (Å²) in [6, 6.07) is 10.3. The molecule has 5 nitrogen and oxygen atoms in total. The minimum atomic E-state index is -0.290. The summed E-state index contributed by atoms with van der Waals surface area (Å²) in [7, 11) is 1.47. The van der Waals surface area contributed by atoms with Crippen LogP contribution in [0.3, 0.4) is 0 Å². The van der Waals surface area contributed by atoms with Crippen molar-refractivity contribution in [2.75, 3.05) is 12.4 Å². The van der Waals surface area contributed by atoms with Crippen LogP contribution < -0.4 is 10.1 Å². The Balaban J connectivity index is 2.16. The molecule has 0 radical (unpaired) electrons. The predicted octanol–water partition coefficient (Wildman–Crippen LogP) is 1.83. The first-order valence-electron chi connectivity index (χ1n) is 5.74. The standard InChI is InChI=1S/C14H14N2O3/c1-19-14-12(3-2-8-15-14)13(18)16-11-6-4-10(9-17)5-7-11/h2-8,17H,9H2,1H3,(H,16,18). The largest absolute Gasteiger partial charge is 0.480 e. The fourth-order valence-electron chi connectivity index (χ4n) is 1.62. The number of nitrogens with one attached hydrogen (secondary N) is 1. The van der Waals surface area contributed by atoms with Gasteiger partial charge in [-0.3, -0.25) is 4.79 Å². The quantitative estimate of drug-likeness (QED) is 0.877. The Hall–Kier alpha value is -2.40. The van der Waals surface area contributed by atoms with Gasteiger partial charge in [0, 0.05) is 11.9 Å². The fourth-order valence-corrected chi connectivity index (χ4v) is 1.62. The van der Waals surface area contributed by atoms with Gasteiger partial charge in [0.15, 0.2) is 0 Å². The topological polar surface area (TPSA) is 71.5 Å². The van der Waals surface area contributed by atoms with Gasteiger partial charge in [-0.25, -0.2) is 4.98 Å². The number of ether oxygens (including phenoxy) is 1. The van der Waals surface area contributed by atoms with Gasteiger partial charge in [0.2, 0.25) is 5.88 Å². The third-order valence-corrected chi connectivity index (χ3v) is 2.60. The molecule has 0 aliphatic carbocycles. The van der Waals surface area contributed by atoms with Crippen LogP contribution in [0, 0.1) is 0 Å². The summed E-state index contributed by atoms with van der Waals surface area (Å²) < 4.78 is 5.04. The Kier molecular flexibility index (Phi) is 4.10. The first-order chi connectivity index (χ1) is 9.24. The maximum atomic E-state index is 12.1. The van der Waals surface area contributed by atoms with E-state index in [0.29, 0.717) is 11.3 Å². The predicted molar refractivity (Wildman–Crippen MR) is 71.1 cm³/mol. The van der Waals surface area contributed by atoms with E-state index >= 15 is 0 Å². The molecule has 0 atom stereocenters. The molecular weight excluding hydrogens is 244 g/mol. The lowest BCUT2D eigenvalue weighted by Crippen LogP contribution is -2.13. The lowest BCUT2D eigenvalue weighted by molar-refractivity contribution is 0.102. The van der Waals surface area contributed by atoms with Crippen molar-refractivity contribution in [2.45, 2.75) is 6.61 Å². The SMILES string of the molecule is COc1ncccc1C(=O)Nc1ccc(CO)cc1. The molecule has 1 aromatic heterocycles. The number of methoxy groups -OCH3 is 1. The van der Waals surface area contributed by atoms with Gasteiger partial charge in [0.1, 0.15) is 5.56 Å². The molecule has 1 amide bonds. The normalized spacial score (nSPS) is 10.0. The number of carbonyl (C=O) groups excluding carboxylic acids is 1. The summed E-state index contributed by atoms with van der Waals surface area (Å²) in [5.41, 5.74) is 1.81. The summed E-state index contributed by atoms with van der Waals surface area (Å²) in [6.45, 7) is -0.0232. The molecule has 5 heteroatoms. The van der Waals surface area contributed by atoms with Crippen LogP contribution in [-0.4, -0.2) is 23.1 Å². The molecule has 2 N–H and O–H groups in total. The van der Waals surface area contributed by atoms with E-state index in [1.807, 2.05) is 0 Å². The van der Waals surface area contributed by atoms with Crippen LogP contribution in [0.2, 0.25) is 0 Å². The third-order valence-electron chi connectivity index (χ3n) is 2.60. The van der Waals surface area contributed by atoms with Crippen molar-refractivity contribution in [1.29, 1.82) is 0 Å². The molecule has 2 aromatic rings. The van der Waals surface area contributed by atoms with E-state index < -0.39 is 0 Å². The molecule has 0 bridgehead atoms. The van der Waals surface area contributed by atoms with Crippen LogP contribution in [0.4, 0.5) is 5.69 Å². The lowest BCUT2D eigenvalue weighted by atomic mass is 10.2. The summed E-state index contributed by atoms with van der Waals surface area (Å²) in [5, 5.41) is 11.7. The van der Waals surface area contributed by atoms with E-state index in [2.05, 4.69) is 10.3 Å². The highest BCUT2D eigenvalue weighted by atomic mass is 16.5. The number of aromatic nitrogens is 1. The molecule has 0 unspecified atom stereocenters. The number of aliphatic hydroxyl groups excluding tert-OH is 1. The minimum Gasteiger partial charge on any atom is -0.480 e. The third kappa shape index (κ3) is 3.08. The van der Waals surface area contributed by atoms with E-state index in [4.69, 9.17) is 9.84 Å². The Labute approximate surface area is 110 Å². The van der Waals surface area contributed by atoms with Crippen LogP contribution in [0.15, 0.2) is 42.6 Å². The van der Waals surface area contributed by atoms with Crippen LogP contribution >= 0.6 is 0 Å². The second-order valence-corrected chi connectivity index (χ2v) is 3.87. The summed E-state index contributed by atoms with van der Waals surface area (Å²) in [4.78, 5) is 16.0. The first kappa shape index (κ1) is 13.0. The maximum absolute atomic E-state index is 12.1. The number of amides is 1. The molecule has 0 spiro atoms. The zero-order valence-electron chi connectivity index (χ0n) is 10.5. The Morgan fingerprint density at radius 1 is 1.32 bits per heavy atom. The second-order valence-electron chi connectivity index (χ2n) is 3.87. The molecule has 1 aromatic carbocycles. The molecule has 2 rings (SSSR count). The number of aliphatic hydroxyl groups is 1. The fraction of sp³-hybridized carbons (Fsp3) is 0.143. The van der Waals surface area contributed by atoms with Crippen molar-refractivity contribution in [3.05, 3.63) is 53.7 Å². The second kappa shape index (κ2) is 5.97. The highest BCUT2D eigenvalue weighted by molar-refractivity contribution is 6.05. The van der Waals surface area contributed by atoms with Gasteiger partial charge in [-0.05, 0) is 29.8 Å². The van der Waals surface area contributed by atoms with Crippen molar-refractivity contribution >= 4 is 11.6 Å². The molecule has 0 aliphatic rings. The summed E-state index contributed by atoms with van der Waals surface area (Å²) in [5.74, 6) is -0.00585. The van der Waals surface area contributed by atoms with Crippen molar-refractivity contribution in [3.63, 3.8) is 0 Å². The summed E-state index contributed by atoms with van der Waals surface area (Å²) >= 11 is 0. The van der Waals surface area contributed by atoms with E-state index in [9.17, 15) is 4.79 Å². The van der Waals surface area contributed by atoms with Gasteiger partial charge >= 0.3 is 0 Å². The molecule has 0 saturated heterocycles. The van der Waals surface area contributed by atoms with Crippen LogP contribution in [0.1, 0.15) is 15.9 Å². The average Bonchev–Trinajstić information content (AvgIpc) is 2.48. The molecule has 0 saturated carbocycles. The number of benzene rings is 1. The summed E-state index contributed by atoms with van der Waals surface area (Å²) in [6.07, 6.45) is 1.56. The number of carbonyl (C=O) groups is 1. The molecular formula is C14H14N2O3. The van der Waals surface area contributed by atoms with Crippen molar-refractivity contribution in [1.82, 2.24) is 4.98 Å². The number of hydrogen-bond donors (Lipinski definition) is 2. The molecule has 98 valence electrons. The average molecular weight is 258 g/mol. The zero-order valence-corrected chi connectivity index (χ0v) is 10.5. The van der Waals surface area contributed by atoms with Gasteiger partial charge in [0.25, 0.3) is 5.91 Å². The zero-order chi connectivity index (χ0) is 13.7. The first-order valence-corrected chi connectivity index (χ1v) is 5.74. The van der Waals surface area contributed by atoms with Gasteiger partial charge in [-0.2, -0.15) is 0 Å². The Bertz CT molecular complexity index is 567. The van der Waals surface area contributed by atoms with E-state index in [-0.39, 0.29) is 18.4 Å². The van der Waals surface area contributed by atoms with Gasteiger partial charge in [-0.1, -0.05) is 12.1 Å². The van der Waals surface area contributed by atoms with Crippen LogP contribution in [0.25, 0.3) is 0 Å². The Morgan fingerprint density at radius 3 is 2.68 bits per heavy atom. The number of anilines is 1. The Morgan fingerprint density at radius 2 is 2.05 bits per heavy atom. The molecule has 1 heterocycles. The lowest BCUT2D eigenvalue weighted by Gasteiger charge is -2.08. The highest BCUT2D eigenvalue weighted by Gasteiger charge is 2.12. The molecule has 19 heavy (non-hydrogen) atoms. The smallest absolute Gasteiger partial charge is 0.261 e. The van der Waals surface area contributed by atoms with E-state index in [0.717, 1.165) is 5.56 Å². The van der Waals surface area contributed by atoms with Crippen molar-refractivity contribution in [3.8, 4) is 5.88 Å². The number of rotatable bonds is 4. The molecule has 0 fully saturated rings. The van der Waals surface area contributed by atoms with Gasteiger partial charge < -0.3 is 15.2 Å². The number of nitrogens with zero attached hydrogens (tertiary/aromatic N) is 1. The van der Waals surface area contributed by atoms with Gasteiger partial charge in [-0.15, -0.1) is 0 Å². The van der Waals surface area contributed by atoms with Crippen LogP contribution in [-0.2, 0) is 6.61 Å². The monoisotopic (exact) mass is 258 g/mol. The highest BCUT2D eigenvalue weighted by Crippen LogP contribution is 2.16. The van der Waals surface area contributed by atoms with E-state index in [1.165, 1.54) is 7.11 Å². The van der Waals surface area contributed by atoms with Crippen molar-refractivity contribution in [2.24, 2.45) is 0 Å².